The fraction of sp³-hybridized carbons (Fsp3) is 0.750. The molecule has 5 heteroatoms. The van der Waals surface area contributed by atoms with Crippen LogP contribution >= 0.6 is 0 Å². The Labute approximate surface area is 103 Å². The number of nitrogens with one attached hydrogen (secondary N) is 2. The lowest BCUT2D eigenvalue weighted by molar-refractivity contribution is -0.124. The third-order valence-electron chi connectivity index (χ3n) is 2.32. The lowest BCUT2D eigenvalue weighted by atomic mass is 10.2. The lowest BCUT2D eigenvalue weighted by Gasteiger charge is -2.11. The van der Waals surface area contributed by atoms with Crippen molar-refractivity contribution in [2.45, 2.75) is 53.5 Å². The largest absolute Gasteiger partial charge is 0.353 e. The van der Waals surface area contributed by atoms with Crippen LogP contribution in [0.4, 0.5) is 0 Å². The Hall–Kier alpha value is -1.39. The number of carbonyl (C=O) groups is 2. The van der Waals surface area contributed by atoms with Crippen molar-refractivity contribution in [1.82, 2.24) is 10.7 Å². The molecule has 0 bridgehead atoms. The quantitative estimate of drug-likeness (QED) is 0.545. The molecule has 1 atom stereocenters. The van der Waals surface area contributed by atoms with Gasteiger partial charge < -0.3 is 5.32 Å². The summed E-state index contributed by atoms with van der Waals surface area (Å²) in [6, 6.07) is 0.167. The summed E-state index contributed by atoms with van der Waals surface area (Å²) in [5.41, 5.74) is 3.02. The smallest absolute Gasteiger partial charge is 0.242 e. The third-order valence-corrected chi connectivity index (χ3v) is 2.32. The Morgan fingerprint density at radius 1 is 1.24 bits per heavy atom. The highest BCUT2D eigenvalue weighted by atomic mass is 16.2. The van der Waals surface area contributed by atoms with E-state index in [0.29, 0.717) is 5.71 Å². The van der Waals surface area contributed by atoms with Crippen LogP contribution in [0.2, 0.25) is 0 Å². The predicted octanol–water partition coefficient (Wildman–Crippen LogP) is 1.44. The second kappa shape index (κ2) is 7.81. The molecule has 0 radical (unpaired) electrons. The van der Waals surface area contributed by atoms with Crippen LogP contribution in [0.3, 0.4) is 0 Å². The SMILES string of the molecule is CC[C@@H](C)NC(=O)C/C(C)=N/NC(=O)C(C)C. The van der Waals surface area contributed by atoms with E-state index in [2.05, 4.69) is 15.8 Å². The molecule has 0 aromatic rings. The number of carbonyl (C=O) groups excluding carboxylic acids is 2. The second-order valence-corrected chi connectivity index (χ2v) is 4.53. The molecule has 0 aliphatic heterocycles. The molecule has 2 amide bonds. The standard InChI is InChI=1S/C12H23N3O2/c1-6-9(4)13-11(16)7-10(5)14-15-12(17)8(2)3/h8-9H,6-7H2,1-5H3,(H,13,16)(H,15,17)/b14-10+/t9-/m1/s1. The van der Waals surface area contributed by atoms with E-state index >= 15 is 0 Å². The maximum atomic E-state index is 11.5. The van der Waals surface area contributed by atoms with Gasteiger partial charge in [-0.2, -0.15) is 5.10 Å². The molecule has 0 aliphatic rings. The molecule has 0 heterocycles. The maximum absolute atomic E-state index is 11.5. The van der Waals surface area contributed by atoms with Crippen molar-refractivity contribution >= 4 is 17.5 Å². The highest BCUT2D eigenvalue weighted by Crippen LogP contribution is 1.93. The average molecular weight is 241 g/mol. The highest BCUT2D eigenvalue weighted by molar-refractivity contribution is 6.00. The summed E-state index contributed by atoms with van der Waals surface area (Å²) >= 11 is 0. The van der Waals surface area contributed by atoms with Crippen molar-refractivity contribution in [2.75, 3.05) is 0 Å². The average Bonchev–Trinajstić information content (AvgIpc) is 2.25. The van der Waals surface area contributed by atoms with Crippen LogP contribution in [-0.4, -0.2) is 23.6 Å². The molecule has 0 fully saturated rings. The van der Waals surface area contributed by atoms with Crippen molar-refractivity contribution in [2.24, 2.45) is 11.0 Å². The number of nitrogens with zero attached hydrogens (tertiary/aromatic N) is 1. The zero-order chi connectivity index (χ0) is 13.4. The number of hydrogen-bond acceptors (Lipinski definition) is 3. The summed E-state index contributed by atoms with van der Waals surface area (Å²) in [6.45, 7) is 9.25. The minimum Gasteiger partial charge on any atom is -0.353 e. The van der Waals surface area contributed by atoms with Crippen LogP contribution in [0.25, 0.3) is 0 Å². The van der Waals surface area contributed by atoms with Gasteiger partial charge in [-0.15, -0.1) is 0 Å². The number of hydrazone groups is 1. The predicted molar refractivity (Wildman–Crippen MR) is 68.6 cm³/mol. The molecule has 98 valence electrons. The van der Waals surface area contributed by atoms with E-state index in [-0.39, 0.29) is 30.2 Å². The van der Waals surface area contributed by atoms with Gasteiger partial charge in [0, 0.05) is 17.7 Å². The molecule has 0 aromatic heterocycles. The number of rotatable bonds is 6. The first-order chi connectivity index (χ1) is 7.86. The molecule has 5 nitrogen and oxygen atoms in total. The summed E-state index contributed by atoms with van der Waals surface area (Å²) in [7, 11) is 0. The molecule has 0 rings (SSSR count). The fourth-order valence-electron chi connectivity index (χ4n) is 0.979. The van der Waals surface area contributed by atoms with Gasteiger partial charge in [-0.1, -0.05) is 20.8 Å². The van der Waals surface area contributed by atoms with E-state index in [0.717, 1.165) is 6.42 Å². The molecule has 0 spiro atoms. The van der Waals surface area contributed by atoms with Gasteiger partial charge in [0.1, 0.15) is 0 Å². The minimum atomic E-state index is -0.147. The van der Waals surface area contributed by atoms with Crippen molar-refractivity contribution in [3.05, 3.63) is 0 Å². The second-order valence-electron chi connectivity index (χ2n) is 4.53. The maximum Gasteiger partial charge on any atom is 0.242 e. The first kappa shape index (κ1) is 15.6. The van der Waals surface area contributed by atoms with Crippen molar-refractivity contribution in [3.8, 4) is 0 Å². The van der Waals surface area contributed by atoms with Crippen LogP contribution in [-0.2, 0) is 9.59 Å². The van der Waals surface area contributed by atoms with E-state index in [1.54, 1.807) is 20.8 Å². The van der Waals surface area contributed by atoms with Gasteiger partial charge in [-0.05, 0) is 20.3 Å². The molecule has 0 aliphatic carbocycles. The Kier molecular flexibility index (Phi) is 7.18. The Morgan fingerprint density at radius 2 is 1.82 bits per heavy atom. The summed E-state index contributed by atoms with van der Waals surface area (Å²) in [5, 5.41) is 6.71. The third kappa shape index (κ3) is 7.49. The Morgan fingerprint density at radius 3 is 2.29 bits per heavy atom. The van der Waals surface area contributed by atoms with E-state index in [4.69, 9.17) is 0 Å². The lowest BCUT2D eigenvalue weighted by Crippen LogP contribution is -2.33. The molecule has 0 saturated carbocycles. The van der Waals surface area contributed by atoms with E-state index in [1.165, 1.54) is 0 Å². The molecule has 17 heavy (non-hydrogen) atoms. The van der Waals surface area contributed by atoms with Crippen LogP contribution in [0.1, 0.15) is 47.5 Å². The minimum absolute atomic E-state index is 0.0700. The van der Waals surface area contributed by atoms with Crippen molar-refractivity contribution in [3.63, 3.8) is 0 Å². The summed E-state index contributed by atoms with van der Waals surface area (Å²) < 4.78 is 0. The van der Waals surface area contributed by atoms with Crippen molar-refractivity contribution < 1.29 is 9.59 Å². The Bertz CT molecular complexity index is 298. The van der Waals surface area contributed by atoms with Gasteiger partial charge in [0.05, 0.1) is 6.42 Å². The first-order valence-corrected chi connectivity index (χ1v) is 5.99. The van der Waals surface area contributed by atoms with Crippen LogP contribution in [0.15, 0.2) is 5.10 Å². The van der Waals surface area contributed by atoms with Crippen LogP contribution < -0.4 is 10.7 Å². The molecule has 0 unspecified atom stereocenters. The zero-order valence-electron chi connectivity index (χ0n) is 11.3. The van der Waals surface area contributed by atoms with Gasteiger partial charge in [-0.3, -0.25) is 9.59 Å². The van der Waals surface area contributed by atoms with E-state index < -0.39 is 0 Å². The molecular weight excluding hydrogens is 218 g/mol. The molecule has 0 saturated heterocycles. The summed E-state index contributed by atoms with van der Waals surface area (Å²) in [4.78, 5) is 22.7. The van der Waals surface area contributed by atoms with E-state index in [9.17, 15) is 9.59 Å². The first-order valence-electron chi connectivity index (χ1n) is 5.99. The van der Waals surface area contributed by atoms with Gasteiger partial charge in [0.2, 0.25) is 11.8 Å². The molecule has 2 N–H and O–H groups in total. The number of amides is 2. The highest BCUT2D eigenvalue weighted by Gasteiger charge is 2.08. The Balaban J connectivity index is 4.07. The fourth-order valence-corrected chi connectivity index (χ4v) is 0.979. The van der Waals surface area contributed by atoms with Crippen molar-refractivity contribution in [1.29, 1.82) is 0 Å². The topological polar surface area (TPSA) is 70.6 Å². The van der Waals surface area contributed by atoms with E-state index in [1.807, 2.05) is 13.8 Å². The van der Waals surface area contributed by atoms with Gasteiger partial charge in [-0.25, -0.2) is 5.43 Å². The van der Waals surface area contributed by atoms with Crippen LogP contribution in [0.5, 0.6) is 0 Å². The summed E-state index contributed by atoms with van der Waals surface area (Å²) in [6.07, 6.45) is 1.11. The van der Waals surface area contributed by atoms with Crippen LogP contribution in [0, 0.1) is 5.92 Å². The normalized spacial score (nSPS) is 13.4. The van der Waals surface area contributed by atoms with Gasteiger partial charge in [0.15, 0.2) is 0 Å². The molecule has 0 aromatic carbocycles. The van der Waals surface area contributed by atoms with Gasteiger partial charge in [0.25, 0.3) is 0 Å². The molecular formula is C12H23N3O2. The monoisotopic (exact) mass is 241 g/mol. The number of hydrogen-bond donors (Lipinski definition) is 2. The zero-order valence-corrected chi connectivity index (χ0v) is 11.3. The van der Waals surface area contributed by atoms with Gasteiger partial charge >= 0.3 is 0 Å². The summed E-state index contributed by atoms with van der Waals surface area (Å²) in [5.74, 6) is -0.327.